The van der Waals surface area contributed by atoms with Crippen molar-refractivity contribution in [3.63, 3.8) is 0 Å². The molecule has 128 valence electrons. The van der Waals surface area contributed by atoms with Gasteiger partial charge in [-0.3, -0.25) is 4.90 Å². The average molecular weight is 327 g/mol. The maximum atomic E-state index is 10.6. The fourth-order valence-corrected chi connectivity index (χ4v) is 3.64. The zero-order valence-electron chi connectivity index (χ0n) is 14.2. The van der Waals surface area contributed by atoms with Crippen LogP contribution in [0.2, 0.25) is 0 Å². The molecule has 5 heteroatoms. The predicted octanol–water partition coefficient (Wildman–Crippen LogP) is 3.17. The summed E-state index contributed by atoms with van der Waals surface area (Å²) in [7, 11) is 0. The summed E-state index contributed by atoms with van der Waals surface area (Å²) in [6.07, 6.45) is 4.12. The van der Waals surface area contributed by atoms with E-state index in [2.05, 4.69) is 28.0 Å². The zero-order chi connectivity index (χ0) is 16.5. The Labute approximate surface area is 142 Å². The Morgan fingerprint density at radius 1 is 1.25 bits per heavy atom. The van der Waals surface area contributed by atoms with Crippen LogP contribution in [0, 0.1) is 6.92 Å². The van der Waals surface area contributed by atoms with Gasteiger partial charge in [0.25, 0.3) is 0 Å². The van der Waals surface area contributed by atoms with Crippen molar-refractivity contribution >= 4 is 0 Å². The summed E-state index contributed by atoms with van der Waals surface area (Å²) in [6, 6.07) is 8.07. The second kappa shape index (κ2) is 6.65. The van der Waals surface area contributed by atoms with Crippen LogP contribution >= 0.6 is 0 Å². The van der Waals surface area contributed by atoms with Crippen molar-refractivity contribution in [2.75, 3.05) is 19.6 Å². The molecule has 1 aliphatic carbocycles. The van der Waals surface area contributed by atoms with Gasteiger partial charge in [-0.2, -0.15) is 4.98 Å². The molecule has 2 heterocycles. The number of β-amino-alcohol motifs (C(OH)–C–C–N with tert-alkyl or cyclic N) is 1. The maximum absolute atomic E-state index is 10.6. The number of likely N-dealkylation sites (tertiary alicyclic amines) is 1. The normalized spacial score (nSPS) is 23.3. The van der Waals surface area contributed by atoms with Gasteiger partial charge in [-0.25, -0.2) is 0 Å². The molecule has 0 radical (unpaired) electrons. The van der Waals surface area contributed by atoms with Crippen LogP contribution in [-0.4, -0.2) is 39.8 Å². The van der Waals surface area contributed by atoms with Crippen LogP contribution in [0.5, 0.6) is 0 Å². The Morgan fingerprint density at radius 3 is 2.88 bits per heavy atom. The summed E-state index contributed by atoms with van der Waals surface area (Å²) in [5.41, 5.74) is 2.17. The molecule has 2 atom stereocenters. The molecule has 2 fully saturated rings. The second-order valence-corrected chi connectivity index (χ2v) is 7.24. The number of benzene rings is 1. The lowest BCUT2D eigenvalue weighted by atomic mass is 9.96. The Kier molecular flexibility index (Phi) is 4.37. The highest BCUT2D eigenvalue weighted by molar-refractivity contribution is 5.27. The molecule has 1 saturated carbocycles. The smallest absolute Gasteiger partial charge is 0.229 e. The Hall–Kier alpha value is -1.72. The quantitative estimate of drug-likeness (QED) is 0.914. The number of aliphatic hydroxyl groups excluding tert-OH is 1. The summed E-state index contributed by atoms with van der Waals surface area (Å²) >= 11 is 0. The van der Waals surface area contributed by atoms with Crippen molar-refractivity contribution in [2.24, 2.45) is 0 Å². The van der Waals surface area contributed by atoms with Gasteiger partial charge >= 0.3 is 0 Å². The SMILES string of the molecule is Cc1ccccc1[C@@H](O)CN1CCC[C@@H](c2noc(C3CC3)n2)C1. The topological polar surface area (TPSA) is 62.4 Å². The summed E-state index contributed by atoms with van der Waals surface area (Å²) in [5.74, 6) is 2.50. The molecular formula is C19H25N3O2. The molecule has 2 aliphatic rings. The molecule has 1 aromatic heterocycles. The largest absolute Gasteiger partial charge is 0.387 e. The van der Waals surface area contributed by atoms with Crippen molar-refractivity contribution in [1.29, 1.82) is 0 Å². The van der Waals surface area contributed by atoms with Gasteiger partial charge in [-0.1, -0.05) is 29.4 Å². The lowest BCUT2D eigenvalue weighted by Gasteiger charge is -2.32. The average Bonchev–Trinajstić information content (AvgIpc) is 3.32. The van der Waals surface area contributed by atoms with Gasteiger partial charge in [0.15, 0.2) is 5.82 Å². The van der Waals surface area contributed by atoms with Gasteiger partial charge in [-0.05, 0) is 50.3 Å². The lowest BCUT2D eigenvalue weighted by molar-refractivity contribution is 0.0938. The van der Waals surface area contributed by atoms with Crippen LogP contribution in [0.15, 0.2) is 28.8 Å². The number of aliphatic hydroxyl groups is 1. The van der Waals surface area contributed by atoms with Gasteiger partial charge in [0.05, 0.1) is 6.10 Å². The molecule has 1 aliphatic heterocycles. The number of aryl methyl sites for hydroxylation is 1. The minimum atomic E-state index is -0.447. The summed E-state index contributed by atoms with van der Waals surface area (Å²) in [4.78, 5) is 6.95. The maximum Gasteiger partial charge on any atom is 0.229 e. The third-order valence-electron chi connectivity index (χ3n) is 5.23. The van der Waals surface area contributed by atoms with Gasteiger partial charge < -0.3 is 9.63 Å². The van der Waals surface area contributed by atoms with Gasteiger partial charge in [-0.15, -0.1) is 0 Å². The highest BCUT2D eigenvalue weighted by Crippen LogP contribution is 2.39. The van der Waals surface area contributed by atoms with E-state index >= 15 is 0 Å². The molecule has 24 heavy (non-hydrogen) atoms. The highest BCUT2D eigenvalue weighted by atomic mass is 16.5. The molecular weight excluding hydrogens is 302 g/mol. The van der Waals surface area contributed by atoms with E-state index < -0.39 is 6.10 Å². The predicted molar refractivity (Wildman–Crippen MR) is 90.8 cm³/mol. The minimum absolute atomic E-state index is 0.319. The zero-order valence-corrected chi connectivity index (χ0v) is 14.2. The van der Waals surface area contributed by atoms with E-state index in [-0.39, 0.29) is 0 Å². The first-order chi connectivity index (χ1) is 11.7. The van der Waals surface area contributed by atoms with Gasteiger partial charge in [0, 0.05) is 24.9 Å². The van der Waals surface area contributed by atoms with Crippen LogP contribution in [0.4, 0.5) is 0 Å². The number of rotatable bonds is 5. The van der Waals surface area contributed by atoms with E-state index in [1.54, 1.807) is 0 Å². The van der Waals surface area contributed by atoms with Crippen molar-refractivity contribution in [1.82, 2.24) is 15.0 Å². The third kappa shape index (κ3) is 3.37. The summed E-state index contributed by atoms with van der Waals surface area (Å²) < 4.78 is 5.41. The Bertz CT molecular complexity index is 695. The molecule has 0 amide bonds. The number of aromatic nitrogens is 2. The molecule has 0 unspecified atom stereocenters. The summed E-state index contributed by atoms with van der Waals surface area (Å²) in [5, 5.41) is 14.8. The van der Waals surface area contributed by atoms with Crippen molar-refractivity contribution < 1.29 is 9.63 Å². The van der Waals surface area contributed by atoms with E-state index in [0.717, 1.165) is 48.8 Å². The third-order valence-corrected chi connectivity index (χ3v) is 5.23. The minimum Gasteiger partial charge on any atom is -0.387 e. The number of hydrogen-bond acceptors (Lipinski definition) is 5. The van der Waals surface area contributed by atoms with Crippen LogP contribution < -0.4 is 0 Å². The first kappa shape index (κ1) is 15.8. The van der Waals surface area contributed by atoms with Gasteiger partial charge in [0.2, 0.25) is 5.89 Å². The van der Waals surface area contributed by atoms with Crippen molar-refractivity contribution in [3.05, 3.63) is 47.1 Å². The van der Waals surface area contributed by atoms with E-state index in [1.165, 1.54) is 12.8 Å². The molecule has 0 spiro atoms. The van der Waals surface area contributed by atoms with Crippen LogP contribution in [0.3, 0.4) is 0 Å². The standard InChI is InChI=1S/C19H25N3O2/c1-13-5-2-3-7-16(13)17(23)12-22-10-4-6-15(11-22)18-20-19(24-21-18)14-8-9-14/h2-3,5,7,14-15,17,23H,4,6,8-12H2,1H3/t15-,17+/m1/s1. The second-order valence-electron chi connectivity index (χ2n) is 7.24. The lowest BCUT2D eigenvalue weighted by Crippen LogP contribution is -2.37. The van der Waals surface area contributed by atoms with E-state index in [9.17, 15) is 5.11 Å². The first-order valence-corrected chi connectivity index (χ1v) is 9.00. The highest BCUT2D eigenvalue weighted by Gasteiger charge is 2.32. The fraction of sp³-hybridized carbons (Fsp3) is 0.579. The van der Waals surface area contributed by atoms with E-state index in [4.69, 9.17) is 4.52 Å². The molecule has 2 aromatic rings. The molecule has 1 N–H and O–H groups in total. The number of nitrogens with zero attached hydrogens (tertiary/aromatic N) is 3. The number of hydrogen-bond donors (Lipinski definition) is 1. The molecule has 1 aromatic carbocycles. The molecule has 1 saturated heterocycles. The van der Waals surface area contributed by atoms with Gasteiger partial charge in [0.1, 0.15) is 0 Å². The molecule has 0 bridgehead atoms. The fourth-order valence-electron chi connectivity index (χ4n) is 3.64. The van der Waals surface area contributed by atoms with E-state index in [1.807, 2.05) is 18.2 Å². The van der Waals surface area contributed by atoms with E-state index in [0.29, 0.717) is 18.4 Å². The van der Waals surface area contributed by atoms with Crippen molar-refractivity contribution in [2.45, 2.75) is 50.5 Å². The van der Waals surface area contributed by atoms with Crippen LogP contribution in [-0.2, 0) is 0 Å². The van der Waals surface area contributed by atoms with Crippen LogP contribution in [0.25, 0.3) is 0 Å². The Balaban J connectivity index is 1.40. The summed E-state index contributed by atoms with van der Waals surface area (Å²) in [6.45, 7) is 4.63. The molecule has 5 nitrogen and oxygen atoms in total. The van der Waals surface area contributed by atoms with Crippen LogP contribution in [0.1, 0.15) is 66.5 Å². The first-order valence-electron chi connectivity index (χ1n) is 9.00. The van der Waals surface area contributed by atoms with Crippen molar-refractivity contribution in [3.8, 4) is 0 Å². The molecule has 4 rings (SSSR count). The Morgan fingerprint density at radius 2 is 2.08 bits per heavy atom. The number of piperidine rings is 1. The monoisotopic (exact) mass is 327 g/mol.